The number of nitrogens with one attached hydrogen (secondary N) is 12. The lowest BCUT2D eigenvalue weighted by Gasteiger charge is -2.39. The third-order valence-electron chi connectivity index (χ3n) is 21.4. The molecule has 1 unspecified atom stereocenters. The average Bonchev–Trinajstić information content (AvgIpc) is 0.835. The van der Waals surface area contributed by atoms with Gasteiger partial charge in [0.15, 0.2) is 0 Å². The van der Waals surface area contributed by atoms with Gasteiger partial charge in [-0.25, -0.2) is 0 Å². The monoisotopic (exact) mass is 1560 g/mol. The van der Waals surface area contributed by atoms with Crippen LogP contribution in [0.4, 0.5) is 0 Å². The number of hydrogen-bond donors (Lipinski definition) is 12. The number of amides is 12. The van der Waals surface area contributed by atoms with Gasteiger partial charge in [-0.1, -0.05) is 80.1 Å². The normalized spacial score (nSPS) is 11.9. The molecule has 110 heavy (non-hydrogen) atoms. The van der Waals surface area contributed by atoms with Crippen molar-refractivity contribution in [1.29, 1.82) is 0 Å². The maximum absolute atomic E-state index is 14.8. The second-order valence-electron chi connectivity index (χ2n) is 29.6. The van der Waals surface area contributed by atoms with Crippen LogP contribution in [0.3, 0.4) is 0 Å². The van der Waals surface area contributed by atoms with E-state index < -0.39 is 39.4 Å². The van der Waals surface area contributed by atoms with E-state index in [0.717, 1.165) is 44.9 Å². The molecule has 0 bridgehead atoms. The van der Waals surface area contributed by atoms with Crippen LogP contribution in [0, 0.1) is 5.41 Å². The van der Waals surface area contributed by atoms with Gasteiger partial charge in [0.25, 0.3) is 0 Å². The Labute approximate surface area is 656 Å². The zero-order valence-electron chi connectivity index (χ0n) is 69.8. The highest BCUT2D eigenvalue weighted by molar-refractivity contribution is 5.85. The molecule has 29 nitrogen and oxygen atoms in total. The predicted molar refractivity (Wildman–Crippen MR) is 425 cm³/mol. The molecule has 0 aromatic carbocycles. The summed E-state index contributed by atoms with van der Waals surface area (Å²) in [7, 11) is 12.0. The van der Waals surface area contributed by atoms with Gasteiger partial charge in [-0.05, 0) is 115 Å². The third-order valence-corrected chi connectivity index (χ3v) is 21.4. The molecule has 0 aromatic heterocycles. The molecule has 0 radical (unpaired) electrons. The number of carbonyl (C=O) groups is 17. The largest absolute Gasteiger partial charge is 0.359 e. The van der Waals surface area contributed by atoms with Crippen molar-refractivity contribution in [2.75, 3.05) is 56.4 Å². The van der Waals surface area contributed by atoms with Crippen molar-refractivity contribution >= 4 is 99.8 Å². The molecule has 0 saturated carbocycles. The summed E-state index contributed by atoms with van der Waals surface area (Å²) in [5.41, 5.74) is -5.57. The summed E-state index contributed by atoms with van der Waals surface area (Å²) >= 11 is 0. The third kappa shape index (κ3) is 47.9. The number of hydrogen-bond acceptors (Lipinski definition) is 17. The Bertz CT molecular complexity index is 2490. The van der Waals surface area contributed by atoms with Crippen LogP contribution < -0.4 is 63.8 Å². The van der Waals surface area contributed by atoms with E-state index >= 15 is 0 Å². The number of unbranched alkanes of at least 4 members (excludes halogenated alkanes) is 6. The minimum absolute atomic E-state index is 0.0146. The van der Waals surface area contributed by atoms with Gasteiger partial charge in [-0.3, -0.25) is 81.5 Å². The minimum atomic E-state index is -1.45. The molecule has 0 aliphatic heterocycles. The van der Waals surface area contributed by atoms with Crippen molar-refractivity contribution in [3.63, 3.8) is 0 Å². The van der Waals surface area contributed by atoms with Gasteiger partial charge in [0.05, 0.1) is 0 Å². The lowest BCUT2D eigenvalue weighted by Crippen LogP contribution is -2.53. The van der Waals surface area contributed by atoms with Crippen LogP contribution in [0.2, 0.25) is 0 Å². The minimum Gasteiger partial charge on any atom is -0.359 e. The molecule has 0 aromatic rings. The van der Waals surface area contributed by atoms with Gasteiger partial charge in [-0.15, -0.1) is 0 Å². The summed E-state index contributed by atoms with van der Waals surface area (Å²) < 4.78 is 0. The van der Waals surface area contributed by atoms with Crippen molar-refractivity contribution in [3.8, 4) is 0 Å². The lowest BCUT2D eigenvalue weighted by atomic mass is 9.70. The fourth-order valence-electron chi connectivity index (χ4n) is 13.5. The number of Topliss-reactive ketones (excluding diaryl/α,β-unsaturated/α-hetero) is 5. The summed E-state index contributed by atoms with van der Waals surface area (Å²) in [6.07, 6.45) is 10.7. The van der Waals surface area contributed by atoms with Gasteiger partial charge in [0.1, 0.15) is 28.9 Å². The molecule has 12 amide bonds. The molecular formula is C81H144N12O17. The maximum atomic E-state index is 14.8. The van der Waals surface area contributed by atoms with Crippen molar-refractivity contribution in [2.45, 2.75) is 353 Å². The van der Waals surface area contributed by atoms with Crippen molar-refractivity contribution < 1.29 is 81.5 Å². The van der Waals surface area contributed by atoms with Crippen molar-refractivity contribution in [2.24, 2.45) is 5.41 Å². The molecule has 29 heteroatoms. The van der Waals surface area contributed by atoms with E-state index in [1.165, 1.54) is 42.3 Å². The Kier molecular flexibility index (Phi) is 56.5. The number of ketones is 5. The van der Waals surface area contributed by atoms with Gasteiger partial charge >= 0.3 is 0 Å². The first-order chi connectivity index (χ1) is 52.2. The Morgan fingerprint density at radius 2 is 0.364 bits per heavy atom. The Morgan fingerprint density at radius 3 is 0.573 bits per heavy atom. The van der Waals surface area contributed by atoms with Gasteiger partial charge in [0, 0.05) is 220 Å². The topological polar surface area (TPSA) is 435 Å². The van der Waals surface area contributed by atoms with Crippen molar-refractivity contribution in [3.05, 3.63) is 0 Å². The van der Waals surface area contributed by atoms with E-state index in [0.29, 0.717) is 44.9 Å². The summed E-state index contributed by atoms with van der Waals surface area (Å²) in [4.78, 5) is 222. The quantitative estimate of drug-likeness (QED) is 0.0258. The standard InChI is InChI=1S/C60H105N9O13.C21H39N3O4/c1-11-15-16-17-18-54(80)67-59(36-22-47(73)43-57(31-19-44(70)12-2,32-23-48(74)61-5)33-24-49(75)62-6,41-29-55(81)68-58(34-20-45(71)13-3,35-21-46(72)14-4)37-25-50(76)63-7)42-30-56(82)69-60(38-26-51(77)64-8,39-27-52(78)65-9)40-28-53(79)66-10;1-5-7-8-9-10-20(28)24-21(14-11-17(25)6-2,15-12-18(26)22-3)16-13-19(27)23-4/h11-43H2,1-10H3,(H,61,74)(H,62,75)(H,63,76)(H,64,77)(H,65,78)(H,66,79)(H,67,80)(H,68,81)(H,69,82);5-16H2,1-4H3,(H,22,26)(H,23,27)(H,24,28). The van der Waals surface area contributed by atoms with E-state index in [-0.39, 0.29) is 287 Å². The summed E-state index contributed by atoms with van der Waals surface area (Å²) in [6, 6.07) is 0. The fraction of sp³-hybridized carbons (Fsp3) is 0.790. The van der Waals surface area contributed by atoms with Crippen LogP contribution in [0.5, 0.6) is 0 Å². The SMILES string of the molecule is CCCCCCC(=O)NC(CCC(=O)CC(CCC(=O)CC)(CCC(=O)NC)CCC(=O)NC)(CCC(=O)NC(CCC(=O)CC)(CCC(=O)CC)CCC(=O)NC)CCC(=O)NC(CCC(=O)NC)(CCC(=O)NC)CCC(=O)NC.CCCCCCC(=O)NC(CCC(=O)CC)(CCC(=O)NC)CCC(=O)NC. The summed E-state index contributed by atoms with van der Waals surface area (Å²) in [5.74, 6) is -4.09. The molecule has 0 aliphatic rings. The van der Waals surface area contributed by atoms with Crippen LogP contribution in [0.25, 0.3) is 0 Å². The molecule has 0 aliphatic carbocycles. The average molecular weight is 1560 g/mol. The molecule has 630 valence electrons. The van der Waals surface area contributed by atoms with Gasteiger partial charge in [-0.2, -0.15) is 0 Å². The maximum Gasteiger partial charge on any atom is 0.220 e. The Morgan fingerprint density at radius 1 is 0.191 bits per heavy atom. The van der Waals surface area contributed by atoms with Crippen molar-refractivity contribution in [1.82, 2.24) is 63.8 Å². The van der Waals surface area contributed by atoms with Crippen LogP contribution in [-0.4, -0.2) is 178 Å². The van der Waals surface area contributed by atoms with Crippen LogP contribution in [0.15, 0.2) is 0 Å². The fourth-order valence-corrected chi connectivity index (χ4v) is 13.5. The molecule has 0 fully saturated rings. The molecule has 0 saturated heterocycles. The Balaban J connectivity index is 0. The van der Waals surface area contributed by atoms with E-state index in [1.54, 1.807) is 34.9 Å². The second-order valence-corrected chi connectivity index (χ2v) is 29.6. The zero-order valence-corrected chi connectivity index (χ0v) is 69.8. The lowest BCUT2D eigenvalue weighted by molar-refractivity contribution is -0.129. The van der Waals surface area contributed by atoms with E-state index in [2.05, 4.69) is 70.7 Å². The number of rotatable bonds is 65. The van der Waals surface area contributed by atoms with Crippen LogP contribution >= 0.6 is 0 Å². The van der Waals surface area contributed by atoms with E-state index in [1.807, 2.05) is 13.8 Å². The highest BCUT2D eigenvalue weighted by atomic mass is 16.2. The first kappa shape index (κ1) is 104. The van der Waals surface area contributed by atoms with Crippen LogP contribution in [-0.2, 0) is 81.5 Å². The molecule has 12 N–H and O–H groups in total. The first-order valence-electron chi connectivity index (χ1n) is 40.6. The predicted octanol–water partition coefficient (Wildman–Crippen LogP) is 7.87. The van der Waals surface area contributed by atoms with Gasteiger partial charge in [0.2, 0.25) is 70.9 Å². The zero-order chi connectivity index (χ0) is 83.6. The molecule has 1 atom stereocenters. The van der Waals surface area contributed by atoms with E-state index in [9.17, 15) is 81.5 Å². The van der Waals surface area contributed by atoms with Crippen LogP contribution in [0.1, 0.15) is 330 Å². The molecular weight excluding hydrogens is 1410 g/mol. The highest BCUT2D eigenvalue weighted by Crippen LogP contribution is 2.41. The second kappa shape index (κ2) is 59.8. The summed E-state index contributed by atoms with van der Waals surface area (Å²) in [6.45, 7) is 11.1. The molecule has 0 spiro atoms. The Hall–Kier alpha value is -8.01. The van der Waals surface area contributed by atoms with Gasteiger partial charge < -0.3 is 63.8 Å². The first-order valence-corrected chi connectivity index (χ1v) is 40.6. The number of carbonyl (C=O) groups excluding carboxylic acids is 17. The molecule has 0 heterocycles. The smallest absolute Gasteiger partial charge is 0.220 e. The summed E-state index contributed by atoms with van der Waals surface area (Å²) in [5, 5.41) is 33.2. The highest BCUT2D eigenvalue weighted by Gasteiger charge is 2.41. The van der Waals surface area contributed by atoms with E-state index in [4.69, 9.17) is 0 Å². The molecule has 0 rings (SSSR count).